The maximum atomic E-state index is 2.42. The van der Waals surface area contributed by atoms with Crippen LogP contribution in [0, 0.1) is 0 Å². The molecule has 0 bridgehead atoms. The molecule has 1 heterocycles. The van der Waals surface area contributed by atoms with Gasteiger partial charge in [-0.3, -0.25) is 0 Å². The van der Waals surface area contributed by atoms with Gasteiger partial charge in [-0.05, 0) is 104 Å². The van der Waals surface area contributed by atoms with Gasteiger partial charge in [-0.2, -0.15) is 0 Å². The molecule has 0 N–H and O–H groups in total. The third kappa shape index (κ3) is 4.74. The monoisotopic (exact) mass is 686 g/mol. The largest absolute Gasteiger partial charge is 0.310 e. The van der Waals surface area contributed by atoms with Crippen molar-refractivity contribution in [3.05, 3.63) is 206 Å². The molecule has 54 heavy (non-hydrogen) atoms. The standard InChI is InChI=1S/C52H34N2/c1-2-14-35(15-3-1)37-16-12-18-40(32-37)53(41-33-38-17-13-24-47-43-20-4-5-21-44(43)48(34-41)52(38)47)39-30-28-36(29-31-39)42-19-6-9-25-49(42)54-50-26-10-7-22-45(50)46-23-8-11-27-51(46)54/h1-34H. The fraction of sp³-hybridized carbons (Fsp3) is 0. The molecule has 0 saturated heterocycles. The Morgan fingerprint density at radius 3 is 1.67 bits per heavy atom. The second-order valence-electron chi connectivity index (χ2n) is 14.1. The van der Waals surface area contributed by atoms with Crippen molar-refractivity contribution in [3.63, 3.8) is 0 Å². The Bertz CT molecular complexity index is 2990. The Hall–Kier alpha value is -7.16. The van der Waals surface area contributed by atoms with Crippen LogP contribution in [0.5, 0.6) is 0 Å². The van der Waals surface area contributed by atoms with Crippen LogP contribution >= 0.6 is 0 Å². The predicted octanol–water partition coefficient (Wildman–Crippen LogP) is 14.4. The first-order valence-corrected chi connectivity index (χ1v) is 18.6. The summed E-state index contributed by atoms with van der Waals surface area (Å²) in [5.74, 6) is 0. The summed E-state index contributed by atoms with van der Waals surface area (Å²) in [4.78, 5) is 2.42. The maximum absolute atomic E-state index is 2.42. The quantitative estimate of drug-likeness (QED) is 0.169. The van der Waals surface area contributed by atoms with E-state index in [1.807, 2.05) is 0 Å². The van der Waals surface area contributed by atoms with Gasteiger partial charge in [0.05, 0.1) is 16.7 Å². The minimum absolute atomic E-state index is 1.10. The van der Waals surface area contributed by atoms with E-state index in [9.17, 15) is 0 Å². The third-order valence-corrected chi connectivity index (χ3v) is 11.1. The number of nitrogens with zero attached hydrogens (tertiary/aromatic N) is 2. The Morgan fingerprint density at radius 1 is 0.315 bits per heavy atom. The number of para-hydroxylation sites is 3. The van der Waals surface area contributed by atoms with E-state index < -0.39 is 0 Å². The molecule has 0 fully saturated rings. The zero-order valence-electron chi connectivity index (χ0n) is 29.5. The van der Waals surface area contributed by atoms with Crippen molar-refractivity contribution in [2.75, 3.05) is 4.90 Å². The van der Waals surface area contributed by atoms with Gasteiger partial charge in [-0.15, -0.1) is 0 Å². The molecule has 11 rings (SSSR count). The van der Waals surface area contributed by atoms with Gasteiger partial charge in [0, 0.05) is 33.4 Å². The molecule has 0 aliphatic heterocycles. The van der Waals surface area contributed by atoms with E-state index in [4.69, 9.17) is 0 Å². The number of aromatic nitrogens is 1. The molecule has 0 amide bonds. The third-order valence-electron chi connectivity index (χ3n) is 11.1. The van der Waals surface area contributed by atoms with Crippen LogP contribution in [-0.4, -0.2) is 4.57 Å². The van der Waals surface area contributed by atoms with Crippen molar-refractivity contribution < 1.29 is 0 Å². The maximum Gasteiger partial charge on any atom is 0.0541 e. The molecule has 1 aromatic heterocycles. The molecule has 252 valence electrons. The smallest absolute Gasteiger partial charge is 0.0541 e. The van der Waals surface area contributed by atoms with E-state index in [0.717, 1.165) is 17.1 Å². The summed E-state index contributed by atoms with van der Waals surface area (Å²) in [5.41, 5.74) is 16.9. The number of fused-ring (bicyclic) bond motifs is 6. The zero-order chi connectivity index (χ0) is 35.6. The summed E-state index contributed by atoms with van der Waals surface area (Å²) in [7, 11) is 0. The van der Waals surface area contributed by atoms with Crippen LogP contribution in [0.15, 0.2) is 206 Å². The molecule has 10 aromatic rings. The molecular formula is C52H34N2. The minimum atomic E-state index is 1.10. The molecule has 0 saturated carbocycles. The first-order chi connectivity index (χ1) is 26.8. The van der Waals surface area contributed by atoms with Gasteiger partial charge in [0.2, 0.25) is 0 Å². The van der Waals surface area contributed by atoms with Gasteiger partial charge in [0.15, 0.2) is 0 Å². The predicted molar refractivity (Wildman–Crippen MR) is 228 cm³/mol. The van der Waals surface area contributed by atoms with E-state index in [2.05, 4.69) is 216 Å². The molecule has 0 unspecified atom stereocenters. The number of anilines is 3. The first-order valence-electron chi connectivity index (χ1n) is 18.6. The Morgan fingerprint density at radius 2 is 0.907 bits per heavy atom. The summed E-state index contributed by atoms with van der Waals surface area (Å²) >= 11 is 0. The molecule has 1 aliphatic rings. The molecule has 1 aliphatic carbocycles. The van der Waals surface area contributed by atoms with Gasteiger partial charge in [0.1, 0.15) is 0 Å². The summed E-state index contributed by atoms with van der Waals surface area (Å²) in [5, 5.41) is 5.11. The lowest BCUT2D eigenvalue weighted by atomic mass is 9.99. The van der Waals surface area contributed by atoms with E-state index in [1.165, 1.54) is 82.8 Å². The molecule has 0 radical (unpaired) electrons. The summed E-state index contributed by atoms with van der Waals surface area (Å²) in [6, 6.07) is 75.2. The van der Waals surface area contributed by atoms with Crippen molar-refractivity contribution >= 4 is 49.6 Å². The second kappa shape index (κ2) is 12.2. The normalized spacial score (nSPS) is 11.7. The molecule has 2 heteroatoms. The summed E-state index contributed by atoms with van der Waals surface area (Å²) in [6.45, 7) is 0. The van der Waals surface area contributed by atoms with Crippen LogP contribution in [0.3, 0.4) is 0 Å². The average Bonchev–Trinajstić information content (AvgIpc) is 3.75. The number of hydrogen-bond donors (Lipinski definition) is 0. The average molecular weight is 687 g/mol. The van der Waals surface area contributed by atoms with Crippen molar-refractivity contribution in [1.29, 1.82) is 0 Å². The van der Waals surface area contributed by atoms with Crippen LogP contribution in [0.25, 0.3) is 82.8 Å². The van der Waals surface area contributed by atoms with E-state index in [-0.39, 0.29) is 0 Å². The lowest BCUT2D eigenvalue weighted by Crippen LogP contribution is -2.10. The number of hydrogen-bond acceptors (Lipinski definition) is 1. The highest BCUT2D eigenvalue weighted by molar-refractivity contribution is 6.16. The van der Waals surface area contributed by atoms with Crippen LogP contribution in [0.1, 0.15) is 0 Å². The lowest BCUT2D eigenvalue weighted by Gasteiger charge is -2.27. The Labute approximate surface area is 314 Å². The Balaban J connectivity index is 1.08. The van der Waals surface area contributed by atoms with Gasteiger partial charge in [-0.1, -0.05) is 152 Å². The van der Waals surface area contributed by atoms with Gasteiger partial charge >= 0.3 is 0 Å². The van der Waals surface area contributed by atoms with Crippen molar-refractivity contribution in [1.82, 2.24) is 4.57 Å². The minimum Gasteiger partial charge on any atom is -0.310 e. The fourth-order valence-corrected chi connectivity index (χ4v) is 8.72. The van der Waals surface area contributed by atoms with Crippen molar-refractivity contribution in [2.24, 2.45) is 0 Å². The van der Waals surface area contributed by atoms with Crippen LogP contribution in [-0.2, 0) is 0 Å². The highest BCUT2D eigenvalue weighted by atomic mass is 15.1. The van der Waals surface area contributed by atoms with E-state index >= 15 is 0 Å². The summed E-state index contributed by atoms with van der Waals surface area (Å²) in [6.07, 6.45) is 0. The first kappa shape index (κ1) is 30.5. The molecule has 9 aromatic carbocycles. The molecule has 2 nitrogen and oxygen atoms in total. The Kier molecular flexibility index (Phi) is 6.90. The van der Waals surface area contributed by atoms with Crippen molar-refractivity contribution in [2.45, 2.75) is 0 Å². The number of rotatable bonds is 6. The van der Waals surface area contributed by atoms with Crippen molar-refractivity contribution in [3.8, 4) is 50.2 Å². The van der Waals surface area contributed by atoms with E-state index in [1.54, 1.807) is 0 Å². The number of benzene rings is 9. The zero-order valence-corrected chi connectivity index (χ0v) is 29.5. The molecule has 0 atom stereocenters. The second-order valence-corrected chi connectivity index (χ2v) is 14.1. The highest BCUT2D eigenvalue weighted by Gasteiger charge is 2.24. The lowest BCUT2D eigenvalue weighted by molar-refractivity contribution is 1.18. The highest BCUT2D eigenvalue weighted by Crippen LogP contribution is 2.50. The van der Waals surface area contributed by atoms with Crippen LogP contribution in [0.2, 0.25) is 0 Å². The fourth-order valence-electron chi connectivity index (χ4n) is 8.72. The van der Waals surface area contributed by atoms with Gasteiger partial charge in [0.25, 0.3) is 0 Å². The molecule has 0 spiro atoms. The van der Waals surface area contributed by atoms with E-state index in [0.29, 0.717) is 0 Å². The van der Waals surface area contributed by atoms with Crippen LogP contribution in [0.4, 0.5) is 17.1 Å². The topological polar surface area (TPSA) is 8.17 Å². The van der Waals surface area contributed by atoms with Crippen LogP contribution < -0.4 is 4.90 Å². The SMILES string of the molecule is c1ccc(-c2cccc(N(c3ccc(-c4ccccc4-n4c5ccccc5c5ccccc54)cc3)c3cc4c5c(cccc5c3)-c3ccccc3-4)c2)cc1. The van der Waals surface area contributed by atoms with Gasteiger partial charge in [-0.25, -0.2) is 0 Å². The van der Waals surface area contributed by atoms with Gasteiger partial charge < -0.3 is 9.47 Å². The molecular weight excluding hydrogens is 653 g/mol. The summed E-state index contributed by atoms with van der Waals surface area (Å²) < 4.78 is 2.42.